The maximum atomic E-state index is 12.9. The summed E-state index contributed by atoms with van der Waals surface area (Å²) in [6.45, 7) is 0. The Labute approximate surface area is 246 Å². The highest BCUT2D eigenvalue weighted by Gasteiger charge is 2.39. The Hall–Kier alpha value is -4.75. The second-order valence-corrected chi connectivity index (χ2v) is 9.94. The fourth-order valence-electron chi connectivity index (χ4n) is 4.84. The number of ether oxygens (including phenoxy) is 1. The summed E-state index contributed by atoms with van der Waals surface area (Å²) in [6.07, 6.45) is 3.72. The summed E-state index contributed by atoms with van der Waals surface area (Å²) in [5.41, 5.74) is 5.48. The maximum absolute atomic E-state index is 12.9. The van der Waals surface area contributed by atoms with Crippen LogP contribution in [0.5, 0.6) is 0 Å². The van der Waals surface area contributed by atoms with Gasteiger partial charge in [0.05, 0.1) is 12.7 Å². The molecular formula is C35H36N2O5. The normalized spacial score (nSPS) is 11.0. The molecule has 0 aliphatic carbocycles. The second kappa shape index (κ2) is 15.3. The van der Waals surface area contributed by atoms with Crippen LogP contribution >= 0.6 is 0 Å². The molecule has 2 amide bonds. The zero-order chi connectivity index (χ0) is 29.6. The van der Waals surface area contributed by atoms with E-state index in [1.807, 2.05) is 91.0 Å². The minimum Gasteiger partial charge on any atom is -0.465 e. The van der Waals surface area contributed by atoms with Crippen molar-refractivity contribution in [2.24, 2.45) is 0 Å². The van der Waals surface area contributed by atoms with E-state index in [4.69, 9.17) is 4.84 Å². The molecule has 4 aromatic rings. The maximum Gasteiger partial charge on any atom is 0.337 e. The number of hydrogen-bond donors (Lipinski definition) is 2. The van der Waals surface area contributed by atoms with Gasteiger partial charge < -0.3 is 10.1 Å². The third-order valence-corrected chi connectivity index (χ3v) is 7.01. The molecule has 0 atom stereocenters. The second-order valence-electron chi connectivity index (χ2n) is 9.94. The number of rotatable bonds is 14. The number of carbonyl (C=O) groups excluding carboxylic acids is 3. The largest absolute Gasteiger partial charge is 0.465 e. The summed E-state index contributed by atoms with van der Waals surface area (Å²) < 4.78 is 4.68. The first-order valence-electron chi connectivity index (χ1n) is 14.1. The van der Waals surface area contributed by atoms with Gasteiger partial charge in [0.1, 0.15) is 0 Å². The minimum atomic E-state index is -1.02. The highest BCUT2D eigenvalue weighted by molar-refractivity contribution is 5.93. The number of hydrogen-bond acceptors (Lipinski definition) is 5. The molecule has 7 heteroatoms. The fraction of sp³-hybridized carbons (Fsp3) is 0.229. The van der Waals surface area contributed by atoms with E-state index < -0.39 is 11.6 Å². The van der Waals surface area contributed by atoms with Crippen LogP contribution in [-0.2, 0) is 24.8 Å². The number of carbonyl (C=O) groups is 3. The molecule has 0 aliphatic heterocycles. The molecule has 0 bridgehead atoms. The summed E-state index contributed by atoms with van der Waals surface area (Å²) >= 11 is 0. The molecule has 0 saturated carbocycles. The molecule has 0 unspecified atom stereocenters. The van der Waals surface area contributed by atoms with Crippen LogP contribution in [-0.4, -0.2) is 24.9 Å². The van der Waals surface area contributed by atoms with E-state index in [0.29, 0.717) is 36.9 Å². The molecule has 42 heavy (non-hydrogen) atoms. The predicted molar refractivity (Wildman–Crippen MR) is 163 cm³/mol. The molecule has 4 rings (SSSR count). The molecule has 7 nitrogen and oxygen atoms in total. The highest BCUT2D eigenvalue weighted by atomic mass is 16.7. The van der Waals surface area contributed by atoms with Crippen molar-refractivity contribution in [1.82, 2.24) is 5.48 Å². The van der Waals surface area contributed by atoms with Gasteiger partial charge in [-0.05, 0) is 53.8 Å². The molecule has 0 fully saturated rings. The summed E-state index contributed by atoms with van der Waals surface area (Å²) in [5, 5.41) is 2.83. The Bertz CT molecular complexity index is 1330. The summed E-state index contributed by atoms with van der Waals surface area (Å²) in [6, 6.07) is 36.2. The van der Waals surface area contributed by atoms with E-state index >= 15 is 0 Å². The average molecular weight is 565 g/mol. The number of benzene rings is 4. The quantitative estimate of drug-likeness (QED) is 0.0761. The van der Waals surface area contributed by atoms with Crippen LogP contribution in [0.25, 0.3) is 0 Å². The van der Waals surface area contributed by atoms with Crippen molar-refractivity contribution in [3.05, 3.63) is 138 Å². The molecule has 0 saturated heterocycles. The Kier molecular flexibility index (Phi) is 11.0. The molecule has 0 aromatic heterocycles. The topological polar surface area (TPSA) is 93.7 Å². The smallest absolute Gasteiger partial charge is 0.337 e. The lowest BCUT2D eigenvalue weighted by atomic mass is 9.80. The van der Waals surface area contributed by atoms with Gasteiger partial charge in [-0.1, -0.05) is 104 Å². The van der Waals surface area contributed by atoms with Gasteiger partial charge in [-0.3, -0.25) is 14.4 Å². The number of nitrogens with one attached hydrogen (secondary N) is 2. The zero-order valence-electron chi connectivity index (χ0n) is 23.8. The summed E-state index contributed by atoms with van der Waals surface area (Å²) in [4.78, 5) is 43.1. The third-order valence-electron chi connectivity index (χ3n) is 7.01. The van der Waals surface area contributed by atoms with Crippen LogP contribution < -0.4 is 10.8 Å². The number of anilines is 1. The Morgan fingerprint density at radius 1 is 0.595 bits per heavy atom. The Morgan fingerprint density at radius 3 is 1.50 bits per heavy atom. The lowest BCUT2D eigenvalue weighted by molar-refractivity contribution is -0.143. The molecular weight excluding hydrogens is 528 g/mol. The summed E-state index contributed by atoms with van der Waals surface area (Å²) in [7, 11) is 1.33. The first-order chi connectivity index (χ1) is 20.5. The average Bonchev–Trinajstić information content (AvgIpc) is 3.04. The van der Waals surface area contributed by atoms with E-state index in [9.17, 15) is 14.4 Å². The molecule has 0 spiro atoms. The van der Waals surface area contributed by atoms with Crippen molar-refractivity contribution >= 4 is 23.5 Å². The third kappa shape index (κ3) is 7.92. The van der Waals surface area contributed by atoms with Gasteiger partial charge in [0, 0.05) is 18.5 Å². The first kappa shape index (κ1) is 30.2. The fourth-order valence-corrected chi connectivity index (χ4v) is 4.84. The SMILES string of the molecule is COC(=O)c1ccc(NC(=O)CCCCCCC(=O)NOC(c2ccccc2)(c2ccccc2)c2ccccc2)cc1. The first-order valence-corrected chi connectivity index (χ1v) is 14.1. The van der Waals surface area contributed by atoms with Gasteiger partial charge in [0.15, 0.2) is 5.60 Å². The van der Waals surface area contributed by atoms with Crippen molar-refractivity contribution < 1.29 is 24.0 Å². The number of esters is 1. The van der Waals surface area contributed by atoms with Crippen molar-refractivity contribution in [3.63, 3.8) is 0 Å². The lowest BCUT2D eigenvalue weighted by Crippen LogP contribution is -2.40. The van der Waals surface area contributed by atoms with E-state index in [0.717, 1.165) is 29.5 Å². The van der Waals surface area contributed by atoms with Crippen LogP contribution in [0.15, 0.2) is 115 Å². The van der Waals surface area contributed by atoms with E-state index in [1.165, 1.54) is 7.11 Å². The molecule has 0 aliphatic rings. The van der Waals surface area contributed by atoms with E-state index in [1.54, 1.807) is 24.3 Å². The number of unbranched alkanes of at least 4 members (excludes halogenated alkanes) is 3. The highest BCUT2D eigenvalue weighted by Crippen LogP contribution is 2.39. The summed E-state index contributed by atoms with van der Waals surface area (Å²) in [5.74, 6) is -0.711. The van der Waals surface area contributed by atoms with Gasteiger partial charge >= 0.3 is 5.97 Å². The Balaban J connectivity index is 1.27. The van der Waals surface area contributed by atoms with Crippen LogP contribution in [0.4, 0.5) is 5.69 Å². The molecule has 216 valence electrons. The van der Waals surface area contributed by atoms with Gasteiger partial charge in [-0.25, -0.2) is 10.3 Å². The van der Waals surface area contributed by atoms with Crippen LogP contribution in [0, 0.1) is 0 Å². The van der Waals surface area contributed by atoms with Crippen molar-refractivity contribution in [2.75, 3.05) is 12.4 Å². The molecule has 0 heterocycles. The van der Waals surface area contributed by atoms with Crippen molar-refractivity contribution in [1.29, 1.82) is 0 Å². The van der Waals surface area contributed by atoms with Crippen LogP contribution in [0.3, 0.4) is 0 Å². The monoisotopic (exact) mass is 564 g/mol. The van der Waals surface area contributed by atoms with Gasteiger partial charge in [-0.15, -0.1) is 0 Å². The Morgan fingerprint density at radius 2 is 1.05 bits per heavy atom. The standard InChI is InChI=1S/C35H36N2O5/c1-41-34(40)27-23-25-31(26-24-27)36-32(38)21-13-2-3-14-22-33(39)37-42-35(28-15-7-4-8-16-28,29-17-9-5-10-18-29)30-19-11-6-12-20-30/h4-12,15-20,23-26H,2-3,13-14,21-22H2,1H3,(H,36,38)(H,37,39). The van der Waals surface area contributed by atoms with Gasteiger partial charge in [0.25, 0.3) is 0 Å². The van der Waals surface area contributed by atoms with Gasteiger partial charge in [-0.2, -0.15) is 0 Å². The molecule has 4 aromatic carbocycles. The predicted octanol–water partition coefficient (Wildman–Crippen LogP) is 6.79. The van der Waals surface area contributed by atoms with E-state index in [2.05, 4.69) is 15.5 Å². The molecule has 2 N–H and O–H groups in total. The number of hydroxylamine groups is 1. The van der Waals surface area contributed by atoms with E-state index in [-0.39, 0.29) is 11.8 Å². The van der Waals surface area contributed by atoms with Gasteiger partial charge in [0.2, 0.25) is 11.8 Å². The minimum absolute atomic E-state index is 0.0916. The zero-order valence-corrected chi connectivity index (χ0v) is 23.8. The molecule has 0 radical (unpaired) electrons. The van der Waals surface area contributed by atoms with Crippen molar-refractivity contribution in [2.45, 2.75) is 44.1 Å². The van der Waals surface area contributed by atoms with Crippen molar-refractivity contribution in [3.8, 4) is 0 Å². The number of methoxy groups -OCH3 is 1. The van der Waals surface area contributed by atoms with Crippen LogP contribution in [0.1, 0.15) is 65.6 Å². The lowest BCUT2D eigenvalue weighted by Gasteiger charge is -2.35. The number of amides is 2. The van der Waals surface area contributed by atoms with Crippen LogP contribution in [0.2, 0.25) is 0 Å².